The fourth-order valence-corrected chi connectivity index (χ4v) is 9.47. The van der Waals surface area contributed by atoms with Gasteiger partial charge >= 0.3 is 5.97 Å². The number of imide groups is 2. The zero-order chi connectivity index (χ0) is 29.3. The molecule has 10 heteroatoms. The summed E-state index contributed by atoms with van der Waals surface area (Å²) in [7, 11) is 0. The van der Waals surface area contributed by atoms with E-state index < -0.39 is 24.4 Å². The van der Waals surface area contributed by atoms with Crippen LogP contribution in [0.1, 0.15) is 68.1 Å². The molecule has 4 saturated carbocycles. The Hall–Kier alpha value is -3.07. The van der Waals surface area contributed by atoms with E-state index in [1.54, 1.807) is 24.3 Å². The van der Waals surface area contributed by atoms with Gasteiger partial charge in [0.15, 0.2) is 12.4 Å². The van der Waals surface area contributed by atoms with Crippen LogP contribution in [0.2, 0.25) is 5.02 Å². The van der Waals surface area contributed by atoms with Gasteiger partial charge in [0.25, 0.3) is 0 Å². The van der Waals surface area contributed by atoms with Crippen molar-refractivity contribution in [2.45, 2.75) is 63.8 Å². The molecule has 4 aliphatic carbocycles. The maximum atomic E-state index is 13.6. The van der Waals surface area contributed by atoms with E-state index in [-0.39, 0.29) is 72.1 Å². The quantitative estimate of drug-likeness (QED) is 0.175. The lowest BCUT2D eigenvalue weighted by Gasteiger charge is -2.26. The molecule has 0 spiro atoms. The fourth-order valence-electron chi connectivity index (χ4n) is 9.34. The average Bonchev–Trinajstić information content (AvgIpc) is 3.83. The number of hydrogen-bond acceptors (Lipinski definition) is 7. The Labute approximate surface area is 249 Å². The molecular formula is C32H35ClN2O7. The molecule has 7 rings (SSSR count). The van der Waals surface area contributed by atoms with Crippen molar-refractivity contribution in [1.29, 1.82) is 0 Å². The van der Waals surface area contributed by atoms with Crippen LogP contribution in [0.3, 0.4) is 0 Å². The Morgan fingerprint density at radius 1 is 0.762 bits per heavy atom. The smallest absolute Gasteiger partial charge is 0.329 e. The van der Waals surface area contributed by atoms with Crippen LogP contribution in [0.25, 0.3) is 0 Å². The van der Waals surface area contributed by atoms with Crippen LogP contribution in [-0.2, 0) is 28.7 Å². The molecule has 2 saturated heterocycles. The first kappa shape index (κ1) is 27.7. The highest BCUT2D eigenvalue weighted by Gasteiger charge is 2.63. The number of esters is 1. The van der Waals surface area contributed by atoms with Crippen LogP contribution in [0.4, 0.5) is 0 Å². The number of likely N-dealkylation sites (tertiary alicyclic amines) is 2. The van der Waals surface area contributed by atoms with Crippen molar-refractivity contribution < 1.29 is 33.5 Å². The van der Waals surface area contributed by atoms with Crippen molar-refractivity contribution in [3.05, 3.63) is 34.9 Å². The van der Waals surface area contributed by atoms with Crippen molar-refractivity contribution in [3.8, 4) is 0 Å². The highest BCUT2D eigenvalue weighted by atomic mass is 35.5. The molecule has 0 radical (unpaired) electrons. The monoisotopic (exact) mass is 594 g/mol. The Balaban J connectivity index is 1.02. The maximum Gasteiger partial charge on any atom is 0.329 e. The second kappa shape index (κ2) is 10.6. The zero-order valence-corrected chi connectivity index (χ0v) is 24.2. The highest BCUT2D eigenvalue weighted by molar-refractivity contribution is 6.30. The number of ether oxygens (including phenoxy) is 1. The van der Waals surface area contributed by atoms with Crippen molar-refractivity contribution in [3.63, 3.8) is 0 Å². The Morgan fingerprint density at radius 3 is 1.79 bits per heavy atom. The third-order valence-electron chi connectivity index (χ3n) is 11.2. The number of nitrogens with zero attached hydrogens (tertiary/aromatic N) is 2. The second-order valence-electron chi connectivity index (χ2n) is 13.2. The van der Waals surface area contributed by atoms with E-state index in [0.717, 1.165) is 43.4 Å². The summed E-state index contributed by atoms with van der Waals surface area (Å²) in [5.74, 6) is -2.08. The summed E-state index contributed by atoms with van der Waals surface area (Å²) in [5.41, 5.74) is 0.335. The molecule has 1 aromatic carbocycles. The second-order valence-corrected chi connectivity index (χ2v) is 13.6. The fraction of sp³-hybridized carbons (Fsp3) is 0.625. The van der Waals surface area contributed by atoms with Gasteiger partial charge in [0.2, 0.25) is 23.6 Å². The normalized spacial score (nSPS) is 34.9. The lowest BCUT2D eigenvalue weighted by atomic mass is 9.81. The molecule has 2 aliphatic heterocycles. The van der Waals surface area contributed by atoms with Gasteiger partial charge in [-0.2, -0.15) is 0 Å². The van der Waals surface area contributed by atoms with Gasteiger partial charge in [-0.1, -0.05) is 11.6 Å². The van der Waals surface area contributed by atoms with E-state index in [1.165, 1.54) is 4.90 Å². The van der Waals surface area contributed by atoms with Crippen LogP contribution in [0, 0.1) is 47.3 Å². The van der Waals surface area contributed by atoms with E-state index in [4.69, 9.17) is 16.3 Å². The third kappa shape index (κ3) is 4.33. The highest BCUT2D eigenvalue weighted by Crippen LogP contribution is 2.57. The number of fused-ring (bicyclic) bond motifs is 10. The Bertz CT molecular complexity index is 1300. The third-order valence-corrected chi connectivity index (χ3v) is 11.4. The van der Waals surface area contributed by atoms with Crippen molar-refractivity contribution >= 4 is 47.0 Å². The average molecular weight is 595 g/mol. The molecule has 42 heavy (non-hydrogen) atoms. The predicted molar refractivity (Wildman–Crippen MR) is 149 cm³/mol. The molecule has 4 bridgehead atoms. The van der Waals surface area contributed by atoms with Gasteiger partial charge in [-0.05, 0) is 106 Å². The minimum absolute atomic E-state index is 0.0675. The molecule has 6 aliphatic rings. The number of Topliss-reactive ketones (excluding diaryl/α,β-unsaturated/α-hetero) is 1. The standard InChI is InChI=1S/C32H35ClN2O7/c33-21-10-8-16(9-11-21)23(36)15-42-32(41)22(35-30(39)26-19-6-7-20(14-19)27(26)31(35)40)3-1-2-12-34-28(37)24-17-4-5-18(13-17)25(24)29(34)38/h8-11,17-20,22,24-27H,1-7,12-15H2/t17-,18-,19-,20-,22-,24+,25+,26-,27+/m0/s1. The molecule has 9 nitrogen and oxygen atoms in total. The van der Waals surface area contributed by atoms with Crippen LogP contribution in [-0.4, -0.2) is 64.4 Å². The maximum absolute atomic E-state index is 13.6. The minimum atomic E-state index is -1.15. The topological polar surface area (TPSA) is 118 Å². The number of carbonyl (C=O) groups is 6. The van der Waals surface area contributed by atoms with Crippen LogP contribution in [0.15, 0.2) is 24.3 Å². The molecule has 4 amide bonds. The van der Waals surface area contributed by atoms with Gasteiger partial charge in [0, 0.05) is 17.1 Å². The molecule has 9 atom stereocenters. The largest absolute Gasteiger partial charge is 0.456 e. The lowest BCUT2D eigenvalue weighted by Crippen LogP contribution is -2.47. The van der Waals surface area contributed by atoms with E-state index in [1.807, 2.05) is 0 Å². The molecule has 1 aromatic rings. The lowest BCUT2D eigenvalue weighted by molar-refractivity contribution is -0.159. The van der Waals surface area contributed by atoms with Crippen LogP contribution in [0.5, 0.6) is 0 Å². The number of rotatable bonds is 10. The Kier molecular flexibility index (Phi) is 6.99. The summed E-state index contributed by atoms with van der Waals surface area (Å²) in [6.45, 7) is -0.259. The summed E-state index contributed by atoms with van der Waals surface area (Å²) in [5, 5.41) is 0.474. The van der Waals surface area contributed by atoms with E-state index in [0.29, 0.717) is 35.3 Å². The zero-order valence-electron chi connectivity index (χ0n) is 23.4. The number of carbonyl (C=O) groups excluding carboxylic acids is 6. The molecule has 222 valence electrons. The van der Waals surface area contributed by atoms with Gasteiger partial charge in [-0.15, -0.1) is 0 Å². The summed E-state index contributed by atoms with van der Waals surface area (Å²) >= 11 is 5.90. The van der Waals surface area contributed by atoms with Crippen LogP contribution >= 0.6 is 11.6 Å². The van der Waals surface area contributed by atoms with Crippen LogP contribution < -0.4 is 0 Å². The number of hydrogen-bond donors (Lipinski definition) is 0. The number of benzene rings is 1. The molecule has 0 N–H and O–H groups in total. The first-order valence-corrected chi connectivity index (χ1v) is 15.8. The van der Waals surface area contributed by atoms with Gasteiger partial charge in [0.05, 0.1) is 23.7 Å². The summed E-state index contributed by atoms with van der Waals surface area (Å²) < 4.78 is 5.41. The SMILES string of the molecule is O=C(COC(=O)[C@H](CCCCN1C(=O)[C@@H]2[C@H]3CC[C@@H](C3)[C@H]2C1=O)N1C(=O)[C@@H]2[C@H]3CC[C@@H](C3)[C@@H]2C1=O)c1ccc(Cl)cc1. The van der Waals surface area contributed by atoms with Gasteiger partial charge in [-0.25, -0.2) is 4.79 Å². The van der Waals surface area contributed by atoms with Gasteiger partial charge in [0.1, 0.15) is 6.04 Å². The summed E-state index contributed by atoms with van der Waals surface area (Å²) in [4.78, 5) is 81.8. The van der Waals surface area contributed by atoms with E-state index in [2.05, 4.69) is 0 Å². The molecular weight excluding hydrogens is 560 g/mol. The molecule has 0 unspecified atom stereocenters. The number of amides is 4. The molecule has 0 aromatic heterocycles. The van der Waals surface area contributed by atoms with Crippen molar-refractivity contribution in [2.24, 2.45) is 47.3 Å². The van der Waals surface area contributed by atoms with Crippen molar-refractivity contribution in [2.75, 3.05) is 13.2 Å². The van der Waals surface area contributed by atoms with E-state index >= 15 is 0 Å². The Morgan fingerprint density at radius 2 is 1.26 bits per heavy atom. The van der Waals surface area contributed by atoms with Crippen molar-refractivity contribution in [1.82, 2.24) is 9.80 Å². The van der Waals surface area contributed by atoms with Gasteiger partial charge in [-0.3, -0.25) is 33.8 Å². The predicted octanol–water partition coefficient (Wildman–Crippen LogP) is 3.67. The minimum Gasteiger partial charge on any atom is -0.456 e. The number of halogens is 1. The van der Waals surface area contributed by atoms with E-state index in [9.17, 15) is 28.8 Å². The summed E-state index contributed by atoms with van der Waals surface area (Å²) in [6, 6.07) is 5.08. The number of ketones is 1. The number of unbranched alkanes of at least 4 members (excludes halogenated alkanes) is 1. The first-order valence-electron chi connectivity index (χ1n) is 15.4. The first-order chi connectivity index (χ1) is 20.2. The molecule has 2 heterocycles. The van der Waals surface area contributed by atoms with Gasteiger partial charge < -0.3 is 4.74 Å². The summed E-state index contributed by atoms with van der Waals surface area (Å²) in [6.07, 6.45) is 6.75. The molecule has 6 fully saturated rings.